The van der Waals surface area contributed by atoms with Crippen molar-refractivity contribution in [1.29, 1.82) is 0 Å². The standard InChI is InChI=1S/C11H19N7O2/c12-17-9-13-8(16-11(7-19)1-2-11)14-10(15-9)18-3-5-20-6-4-18/h19H,1-7,12H2,(H2,13,14,15,16,17). The molecule has 0 atom stereocenters. The third-order valence-corrected chi connectivity index (χ3v) is 3.58. The molecule has 2 fully saturated rings. The summed E-state index contributed by atoms with van der Waals surface area (Å²) >= 11 is 0. The molecule has 2 heterocycles. The summed E-state index contributed by atoms with van der Waals surface area (Å²) in [5.41, 5.74) is 2.17. The van der Waals surface area contributed by atoms with E-state index in [1.165, 1.54) is 0 Å². The lowest BCUT2D eigenvalue weighted by molar-refractivity contribution is 0.122. The molecule has 0 amide bonds. The van der Waals surface area contributed by atoms with Crippen LogP contribution in [0.3, 0.4) is 0 Å². The molecule has 0 aromatic carbocycles. The number of aliphatic hydroxyl groups is 1. The number of nitrogens with two attached hydrogens (primary N) is 1. The second-order valence-electron chi connectivity index (χ2n) is 5.09. The first kappa shape index (κ1) is 13.3. The summed E-state index contributed by atoms with van der Waals surface area (Å²) in [6.45, 7) is 2.84. The maximum absolute atomic E-state index is 9.36. The third-order valence-electron chi connectivity index (χ3n) is 3.58. The van der Waals surface area contributed by atoms with E-state index in [4.69, 9.17) is 10.6 Å². The van der Waals surface area contributed by atoms with E-state index >= 15 is 0 Å². The summed E-state index contributed by atoms with van der Waals surface area (Å²) in [7, 11) is 0. The lowest BCUT2D eigenvalue weighted by Crippen LogP contribution is -2.38. The van der Waals surface area contributed by atoms with E-state index in [-0.39, 0.29) is 12.1 Å². The van der Waals surface area contributed by atoms with Crippen LogP contribution in [0.15, 0.2) is 0 Å². The highest BCUT2D eigenvalue weighted by atomic mass is 16.5. The molecule has 3 rings (SSSR count). The Balaban J connectivity index is 1.82. The maximum atomic E-state index is 9.36. The smallest absolute Gasteiger partial charge is 0.243 e. The number of hydrazine groups is 1. The molecule has 9 nitrogen and oxygen atoms in total. The molecule has 2 aliphatic rings. The number of nitrogen functional groups attached to an aromatic ring is 1. The Labute approximate surface area is 116 Å². The van der Waals surface area contributed by atoms with Gasteiger partial charge >= 0.3 is 0 Å². The molecule has 5 N–H and O–H groups in total. The van der Waals surface area contributed by atoms with Crippen molar-refractivity contribution in [1.82, 2.24) is 15.0 Å². The molecule has 1 saturated carbocycles. The number of hydrogen-bond donors (Lipinski definition) is 4. The van der Waals surface area contributed by atoms with Crippen molar-refractivity contribution in [2.75, 3.05) is 48.6 Å². The molecule has 0 spiro atoms. The molecular formula is C11H19N7O2. The number of morpholine rings is 1. The van der Waals surface area contributed by atoms with Crippen LogP contribution in [0.1, 0.15) is 12.8 Å². The van der Waals surface area contributed by atoms with Crippen LogP contribution < -0.4 is 21.5 Å². The van der Waals surface area contributed by atoms with Crippen LogP contribution >= 0.6 is 0 Å². The van der Waals surface area contributed by atoms with Gasteiger partial charge in [-0.1, -0.05) is 0 Å². The number of aliphatic hydroxyl groups excluding tert-OH is 1. The lowest BCUT2D eigenvalue weighted by atomic mass is 10.3. The van der Waals surface area contributed by atoms with Gasteiger partial charge in [0.05, 0.1) is 25.4 Å². The fraction of sp³-hybridized carbons (Fsp3) is 0.727. The first-order valence-electron chi connectivity index (χ1n) is 6.69. The zero-order chi connectivity index (χ0) is 14.0. The Morgan fingerprint density at radius 2 is 1.90 bits per heavy atom. The molecular weight excluding hydrogens is 262 g/mol. The minimum atomic E-state index is -0.282. The average molecular weight is 281 g/mol. The summed E-state index contributed by atoms with van der Waals surface area (Å²) < 4.78 is 5.31. The van der Waals surface area contributed by atoms with Gasteiger partial charge in [0, 0.05) is 13.1 Å². The highest BCUT2D eigenvalue weighted by Crippen LogP contribution is 2.37. The molecule has 0 bridgehead atoms. The maximum Gasteiger partial charge on any atom is 0.243 e. The van der Waals surface area contributed by atoms with Gasteiger partial charge in [-0.15, -0.1) is 0 Å². The van der Waals surface area contributed by atoms with E-state index < -0.39 is 0 Å². The van der Waals surface area contributed by atoms with Crippen molar-refractivity contribution in [3.05, 3.63) is 0 Å². The summed E-state index contributed by atoms with van der Waals surface area (Å²) in [6.07, 6.45) is 1.82. The molecule has 1 aliphatic heterocycles. The Morgan fingerprint density at radius 3 is 2.50 bits per heavy atom. The van der Waals surface area contributed by atoms with Gasteiger partial charge in [-0.2, -0.15) is 15.0 Å². The molecule has 1 aromatic heterocycles. The summed E-state index contributed by atoms with van der Waals surface area (Å²) in [5, 5.41) is 12.5. The SMILES string of the molecule is NNc1nc(NC2(CO)CC2)nc(N2CCOCC2)n1. The predicted octanol–water partition coefficient (Wildman–Crippen LogP) is -1.07. The van der Waals surface area contributed by atoms with Gasteiger partial charge in [0.2, 0.25) is 17.8 Å². The van der Waals surface area contributed by atoms with Gasteiger partial charge in [-0.25, -0.2) is 5.84 Å². The van der Waals surface area contributed by atoms with Gasteiger partial charge < -0.3 is 20.1 Å². The second kappa shape index (κ2) is 5.35. The van der Waals surface area contributed by atoms with Crippen molar-refractivity contribution in [3.63, 3.8) is 0 Å². The van der Waals surface area contributed by atoms with Crippen molar-refractivity contribution < 1.29 is 9.84 Å². The first-order valence-corrected chi connectivity index (χ1v) is 6.69. The van der Waals surface area contributed by atoms with Crippen molar-refractivity contribution in [2.24, 2.45) is 5.84 Å². The van der Waals surface area contributed by atoms with E-state index in [0.717, 1.165) is 25.9 Å². The third kappa shape index (κ3) is 2.74. The molecule has 1 aromatic rings. The molecule has 110 valence electrons. The van der Waals surface area contributed by atoms with Gasteiger partial charge in [0.25, 0.3) is 0 Å². The largest absolute Gasteiger partial charge is 0.394 e. The topological polar surface area (TPSA) is 121 Å². The Hall–Kier alpha value is -1.71. The average Bonchev–Trinajstić information content (AvgIpc) is 3.28. The first-order chi connectivity index (χ1) is 9.74. The van der Waals surface area contributed by atoms with E-state index in [9.17, 15) is 5.11 Å². The van der Waals surface area contributed by atoms with Crippen LogP contribution in [0.25, 0.3) is 0 Å². The number of anilines is 3. The fourth-order valence-electron chi connectivity index (χ4n) is 2.10. The van der Waals surface area contributed by atoms with Crippen LogP contribution in [0.5, 0.6) is 0 Å². The van der Waals surface area contributed by atoms with E-state index in [1.807, 2.05) is 4.90 Å². The van der Waals surface area contributed by atoms with E-state index in [0.29, 0.717) is 31.1 Å². The quantitative estimate of drug-likeness (QED) is 0.395. The summed E-state index contributed by atoms with van der Waals surface area (Å²) in [6, 6.07) is 0. The number of rotatable bonds is 5. The zero-order valence-electron chi connectivity index (χ0n) is 11.2. The molecule has 20 heavy (non-hydrogen) atoms. The van der Waals surface area contributed by atoms with Gasteiger partial charge in [-0.05, 0) is 12.8 Å². The number of ether oxygens (including phenoxy) is 1. The van der Waals surface area contributed by atoms with Crippen LogP contribution in [-0.4, -0.2) is 58.5 Å². The predicted molar refractivity (Wildman–Crippen MR) is 73.3 cm³/mol. The van der Waals surface area contributed by atoms with E-state index in [1.54, 1.807) is 0 Å². The van der Waals surface area contributed by atoms with Crippen LogP contribution in [-0.2, 0) is 4.74 Å². The number of hydrogen-bond acceptors (Lipinski definition) is 9. The van der Waals surface area contributed by atoms with Crippen molar-refractivity contribution in [3.8, 4) is 0 Å². The van der Waals surface area contributed by atoms with Crippen LogP contribution in [0.2, 0.25) is 0 Å². The highest BCUT2D eigenvalue weighted by Gasteiger charge is 2.43. The van der Waals surface area contributed by atoms with Crippen molar-refractivity contribution in [2.45, 2.75) is 18.4 Å². The molecule has 9 heteroatoms. The minimum Gasteiger partial charge on any atom is -0.394 e. The second-order valence-corrected chi connectivity index (χ2v) is 5.09. The Kier molecular flexibility index (Phi) is 3.55. The molecule has 0 unspecified atom stereocenters. The molecule has 1 aliphatic carbocycles. The van der Waals surface area contributed by atoms with Gasteiger partial charge in [0.15, 0.2) is 0 Å². The monoisotopic (exact) mass is 281 g/mol. The lowest BCUT2D eigenvalue weighted by Gasteiger charge is -2.27. The van der Waals surface area contributed by atoms with Gasteiger partial charge in [-0.3, -0.25) is 5.43 Å². The number of nitrogens with zero attached hydrogens (tertiary/aromatic N) is 4. The summed E-state index contributed by atoms with van der Waals surface area (Å²) in [5.74, 6) is 6.70. The molecule has 1 saturated heterocycles. The fourth-order valence-corrected chi connectivity index (χ4v) is 2.10. The highest BCUT2D eigenvalue weighted by molar-refractivity contribution is 5.45. The normalized spacial score (nSPS) is 20.6. The van der Waals surface area contributed by atoms with Gasteiger partial charge in [0.1, 0.15) is 0 Å². The Morgan fingerprint density at radius 1 is 1.20 bits per heavy atom. The zero-order valence-corrected chi connectivity index (χ0v) is 11.2. The number of nitrogens with one attached hydrogen (secondary N) is 2. The van der Waals surface area contributed by atoms with E-state index in [2.05, 4.69) is 25.7 Å². The summed E-state index contributed by atoms with van der Waals surface area (Å²) in [4.78, 5) is 14.9. The molecule has 0 radical (unpaired) electrons. The minimum absolute atomic E-state index is 0.0664. The van der Waals surface area contributed by atoms with Crippen molar-refractivity contribution >= 4 is 17.8 Å². The number of aromatic nitrogens is 3. The Bertz CT molecular complexity index is 474. The van der Waals surface area contributed by atoms with Crippen LogP contribution in [0, 0.1) is 0 Å². The van der Waals surface area contributed by atoms with Crippen LogP contribution in [0.4, 0.5) is 17.8 Å².